The Morgan fingerprint density at radius 3 is 2.53 bits per heavy atom. The van der Waals surface area contributed by atoms with Crippen molar-refractivity contribution in [3.63, 3.8) is 0 Å². The molecule has 4 nitrogen and oxygen atoms in total. The molecule has 0 unspecified atom stereocenters. The Morgan fingerprint density at radius 1 is 1.00 bits per heavy atom. The van der Waals surface area contributed by atoms with Gasteiger partial charge in [-0.25, -0.2) is 0 Å². The van der Waals surface area contributed by atoms with Crippen LogP contribution in [0.25, 0.3) is 10.8 Å². The number of nitrogens with one attached hydrogen (secondary N) is 1. The first-order chi connectivity index (χ1) is 15.7. The van der Waals surface area contributed by atoms with Gasteiger partial charge in [-0.3, -0.25) is 0 Å². The van der Waals surface area contributed by atoms with Gasteiger partial charge in [-0.05, 0) is 73.1 Å². The van der Waals surface area contributed by atoms with Crippen LogP contribution in [-0.4, -0.2) is 32.7 Å². The molecule has 4 rings (SSSR count). The van der Waals surface area contributed by atoms with Crippen molar-refractivity contribution in [2.45, 2.75) is 51.1 Å². The topological polar surface area (TPSA) is 47.6 Å². The number of benzene rings is 3. The Bertz CT molecular complexity index is 958. The molecule has 1 N–H and O–H groups in total. The van der Waals surface area contributed by atoms with Crippen molar-refractivity contribution in [1.82, 2.24) is 5.32 Å². The van der Waals surface area contributed by atoms with Crippen LogP contribution in [0.2, 0.25) is 0 Å². The van der Waals surface area contributed by atoms with Gasteiger partial charge in [0, 0.05) is 20.1 Å². The predicted molar refractivity (Wildman–Crippen MR) is 134 cm³/mol. The zero-order valence-electron chi connectivity index (χ0n) is 19.3. The van der Waals surface area contributed by atoms with Crippen LogP contribution in [0.3, 0.4) is 0 Å². The quantitative estimate of drug-likeness (QED) is 0.401. The first kappa shape index (κ1) is 24.0. The molecule has 3 aromatic rings. The molecule has 1 saturated carbocycles. The normalized spacial score (nSPS) is 18.7. The summed E-state index contributed by atoms with van der Waals surface area (Å²) in [5, 5.41) is 6.57. The fourth-order valence-electron chi connectivity index (χ4n) is 4.71. The minimum Gasteiger partial charge on any atom is -0.491 e. The van der Waals surface area contributed by atoms with Gasteiger partial charge in [0.1, 0.15) is 19.1 Å². The molecule has 0 aromatic heterocycles. The van der Waals surface area contributed by atoms with Crippen molar-refractivity contribution in [3.05, 3.63) is 77.9 Å². The van der Waals surface area contributed by atoms with Crippen LogP contribution in [0.1, 0.15) is 57.6 Å². The maximum absolute atomic E-state index is 8.00. The minimum absolute atomic E-state index is 0. The molecule has 3 aromatic carbocycles. The number of carbonyl (C=O) groups excluding carboxylic acids is 1. The number of hydrogen-bond acceptors (Lipinski definition) is 4. The largest absolute Gasteiger partial charge is 0.491 e. The van der Waals surface area contributed by atoms with E-state index in [1.165, 1.54) is 41.2 Å². The highest BCUT2D eigenvalue weighted by molar-refractivity contribution is 5.86. The number of carbonyl (C=O) groups is 1. The lowest BCUT2D eigenvalue weighted by Gasteiger charge is -2.21. The lowest BCUT2D eigenvalue weighted by molar-refractivity contribution is -0.0979. The second-order valence-electron chi connectivity index (χ2n) is 8.28. The molecule has 0 spiro atoms. The monoisotopic (exact) mass is 435 g/mol. The number of rotatable bonds is 9. The van der Waals surface area contributed by atoms with Crippen molar-refractivity contribution in [3.8, 4) is 5.75 Å². The van der Waals surface area contributed by atoms with E-state index in [1.807, 2.05) is 13.7 Å². The lowest BCUT2D eigenvalue weighted by atomic mass is 9.96. The van der Waals surface area contributed by atoms with Crippen molar-refractivity contribution in [1.29, 1.82) is 0 Å². The van der Waals surface area contributed by atoms with Gasteiger partial charge in [0.15, 0.2) is 0 Å². The zero-order valence-corrected chi connectivity index (χ0v) is 19.3. The third-order valence-corrected chi connectivity index (χ3v) is 6.26. The summed E-state index contributed by atoms with van der Waals surface area (Å²) in [6.07, 6.45) is 3.66. The molecule has 0 aliphatic heterocycles. The van der Waals surface area contributed by atoms with Gasteiger partial charge in [0.05, 0.1) is 6.61 Å². The second kappa shape index (κ2) is 12.4. The van der Waals surface area contributed by atoms with E-state index in [4.69, 9.17) is 14.3 Å². The predicted octanol–water partition coefficient (Wildman–Crippen LogP) is 6.30. The third kappa shape index (κ3) is 6.18. The Labute approximate surface area is 193 Å². The van der Waals surface area contributed by atoms with Crippen molar-refractivity contribution < 1.29 is 15.7 Å². The van der Waals surface area contributed by atoms with Crippen molar-refractivity contribution >= 4 is 17.6 Å². The van der Waals surface area contributed by atoms with Crippen LogP contribution < -0.4 is 10.1 Å². The second-order valence-corrected chi connectivity index (χ2v) is 8.28. The van der Waals surface area contributed by atoms with Gasteiger partial charge in [0.2, 0.25) is 0 Å². The van der Waals surface area contributed by atoms with E-state index >= 15 is 0 Å². The van der Waals surface area contributed by atoms with Crippen LogP contribution >= 0.6 is 0 Å². The highest BCUT2D eigenvalue weighted by Gasteiger charge is 2.27. The Kier molecular flexibility index (Phi) is 9.27. The average molecular weight is 436 g/mol. The van der Waals surface area contributed by atoms with Crippen LogP contribution in [0, 0.1) is 0 Å². The Hall–Kier alpha value is -2.69. The molecule has 0 radical (unpaired) electrons. The van der Waals surface area contributed by atoms with E-state index in [9.17, 15) is 0 Å². The number of fused-ring (bicyclic) bond motifs is 1. The van der Waals surface area contributed by atoms with Crippen molar-refractivity contribution in [2.24, 2.45) is 0 Å². The SMILES string of the molecule is C=O.CCOCCOc1ccc([C@H]2CC[C@@H](N[C@H](C)c3cccc4ccccc34)C2)cc1.[HH]. The van der Waals surface area contributed by atoms with Crippen LogP contribution in [0.5, 0.6) is 5.75 Å². The molecule has 172 valence electrons. The summed E-state index contributed by atoms with van der Waals surface area (Å²) in [5.74, 6) is 1.55. The van der Waals surface area contributed by atoms with Gasteiger partial charge >= 0.3 is 0 Å². The Morgan fingerprint density at radius 2 is 1.75 bits per heavy atom. The lowest BCUT2D eigenvalue weighted by Crippen LogP contribution is -2.29. The summed E-state index contributed by atoms with van der Waals surface area (Å²) in [6.45, 7) is 8.28. The first-order valence-corrected chi connectivity index (χ1v) is 11.6. The van der Waals surface area contributed by atoms with Crippen LogP contribution in [0.15, 0.2) is 66.7 Å². The van der Waals surface area contributed by atoms with E-state index in [1.54, 1.807) is 0 Å². The molecule has 3 atom stereocenters. The van der Waals surface area contributed by atoms with Gasteiger partial charge in [0.25, 0.3) is 0 Å². The van der Waals surface area contributed by atoms with Gasteiger partial charge in [-0.2, -0.15) is 0 Å². The zero-order chi connectivity index (χ0) is 22.8. The van der Waals surface area contributed by atoms with E-state index in [0.29, 0.717) is 31.2 Å². The molecule has 0 bridgehead atoms. The summed E-state index contributed by atoms with van der Waals surface area (Å²) in [5.41, 5.74) is 2.82. The fraction of sp³-hybridized carbons (Fsp3) is 0.393. The highest BCUT2D eigenvalue weighted by atomic mass is 16.5. The van der Waals surface area contributed by atoms with Gasteiger partial charge in [-0.15, -0.1) is 0 Å². The highest BCUT2D eigenvalue weighted by Crippen LogP contribution is 2.36. The van der Waals surface area contributed by atoms with E-state index in [0.717, 1.165) is 12.4 Å². The number of hydrogen-bond donors (Lipinski definition) is 1. The smallest absolute Gasteiger partial charge is 0.119 e. The summed E-state index contributed by atoms with van der Waals surface area (Å²) >= 11 is 0. The molecule has 32 heavy (non-hydrogen) atoms. The molecular formula is C28H37NO3. The Balaban J connectivity index is 0.00000125. The molecule has 4 heteroatoms. The molecule has 1 aliphatic carbocycles. The fourth-order valence-corrected chi connectivity index (χ4v) is 4.71. The van der Waals surface area contributed by atoms with E-state index in [2.05, 4.69) is 79.0 Å². The molecular weight excluding hydrogens is 398 g/mol. The molecule has 1 aliphatic rings. The summed E-state index contributed by atoms with van der Waals surface area (Å²) < 4.78 is 11.1. The average Bonchev–Trinajstić information content (AvgIpc) is 3.31. The standard InChI is InChI=1S/C27H33NO2.CH2O.H2/c1-3-29-17-18-30-25-15-12-21(13-16-25)23-11-14-24(19-23)28-20(2)26-10-6-8-22-7-4-5-9-27(22)26;1-2;/h4-10,12-13,15-16,20,23-24,28H,3,11,14,17-19H2,1-2H3;1H2;1H/t20-,23+,24-;;/m1../s1. The van der Waals surface area contributed by atoms with E-state index < -0.39 is 0 Å². The van der Waals surface area contributed by atoms with Crippen molar-refractivity contribution in [2.75, 3.05) is 19.8 Å². The first-order valence-electron chi connectivity index (χ1n) is 11.6. The van der Waals surface area contributed by atoms with E-state index in [-0.39, 0.29) is 1.43 Å². The molecule has 0 heterocycles. The summed E-state index contributed by atoms with van der Waals surface area (Å²) in [6, 6.07) is 24.9. The molecule has 1 fully saturated rings. The van der Waals surface area contributed by atoms with Crippen LogP contribution in [0.4, 0.5) is 0 Å². The summed E-state index contributed by atoms with van der Waals surface area (Å²) in [7, 11) is 0. The maximum Gasteiger partial charge on any atom is 0.119 e. The number of ether oxygens (including phenoxy) is 2. The van der Waals surface area contributed by atoms with Gasteiger partial charge in [-0.1, -0.05) is 54.6 Å². The maximum atomic E-state index is 8.00. The molecule has 0 amide bonds. The minimum atomic E-state index is 0. The van der Waals surface area contributed by atoms with Crippen LogP contribution in [-0.2, 0) is 9.53 Å². The van der Waals surface area contributed by atoms with Gasteiger partial charge < -0.3 is 19.6 Å². The molecule has 0 saturated heterocycles. The third-order valence-electron chi connectivity index (χ3n) is 6.26. The summed E-state index contributed by atoms with van der Waals surface area (Å²) in [4.78, 5) is 8.00.